The van der Waals surface area contributed by atoms with Crippen LogP contribution in [-0.2, 0) is 23.2 Å². The van der Waals surface area contributed by atoms with Gasteiger partial charge < -0.3 is 19.8 Å². The molecule has 0 radical (unpaired) electrons. The van der Waals surface area contributed by atoms with Gasteiger partial charge in [0.15, 0.2) is 4.77 Å². The van der Waals surface area contributed by atoms with E-state index in [4.69, 9.17) is 12.2 Å². The monoisotopic (exact) mass is 502 g/mol. The van der Waals surface area contributed by atoms with E-state index in [-0.39, 0.29) is 41.9 Å². The van der Waals surface area contributed by atoms with Crippen LogP contribution in [0.1, 0.15) is 35.7 Å². The van der Waals surface area contributed by atoms with Crippen LogP contribution in [-0.4, -0.2) is 47.5 Å². The fraction of sp³-hybridized carbons (Fsp3) is 0.500. The lowest BCUT2D eigenvalue weighted by molar-refractivity contribution is -0.120. The Morgan fingerprint density at radius 2 is 2.24 bits per heavy atom. The molecule has 158 valence electrons. The maximum Gasteiger partial charge on any atom is 0.226 e. The average molecular weight is 504 g/mol. The molecule has 29 heavy (non-hydrogen) atoms. The standard InChI is InChI=1S/C20H24BrFN4OS.ClH/c1-25(2)7-3-6-23-17(27)9-16-18-14-10-20(14,11-26(18)19(28)24-16)13-8-12(21)4-5-15(13)22;/h4-5,8,14H,3,6-7,9-11H2,1-2H3,(H,23,27)(H,24,28);1H/t14-,20+;/m0./s1. The van der Waals surface area contributed by atoms with E-state index in [1.54, 1.807) is 6.07 Å². The molecule has 1 fully saturated rings. The van der Waals surface area contributed by atoms with Gasteiger partial charge in [0.1, 0.15) is 5.82 Å². The first-order chi connectivity index (χ1) is 13.3. The normalized spacial score (nSPS) is 21.5. The molecule has 0 unspecified atom stereocenters. The largest absolute Gasteiger partial charge is 0.356 e. The number of imidazole rings is 1. The first kappa shape index (κ1) is 22.5. The van der Waals surface area contributed by atoms with Gasteiger partial charge in [-0.15, -0.1) is 12.4 Å². The first-order valence-corrected chi connectivity index (χ1v) is 10.7. The van der Waals surface area contributed by atoms with Crippen molar-refractivity contribution in [3.05, 3.63) is 50.2 Å². The SMILES string of the molecule is CN(C)CCCNC(=O)Cc1[nH]c(=S)n2c1[C@@H]1C[C@]1(c1cc(Br)ccc1F)C2.Cl. The summed E-state index contributed by atoms with van der Waals surface area (Å²) >= 11 is 8.94. The number of fused-ring (bicyclic) bond motifs is 3. The Morgan fingerprint density at radius 3 is 2.97 bits per heavy atom. The van der Waals surface area contributed by atoms with Crippen molar-refractivity contribution in [3.63, 3.8) is 0 Å². The lowest BCUT2D eigenvalue weighted by Crippen LogP contribution is -2.28. The minimum atomic E-state index is -0.233. The van der Waals surface area contributed by atoms with Crippen molar-refractivity contribution in [1.82, 2.24) is 19.8 Å². The summed E-state index contributed by atoms with van der Waals surface area (Å²) in [7, 11) is 4.03. The minimum Gasteiger partial charge on any atom is -0.356 e. The molecule has 2 atom stereocenters. The Hall–Kier alpha value is -1.22. The predicted molar refractivity (Wildman–Crippen MR) is 120 cm³/mol. The van der Waals surface area contributed by atoms with Crippen LogP contribution >= 0.6 is 40.6 Å². The summed E-state index contributed by atoms with van der Waals surface area (Å²) in [6.45, 7) is 2.26. The number of carbonyl (C=O) groups is 1. The molecule has 2 aromatic rings. The quantitative estimate of drug-likeness (QED) is 0.445. The molecule has 2 aliphatic rings. The van der Waals surface area contributed by atoms with Crippen LogP contribution in [0.4, 0.5) is 4.39 Å². The smallest absolute Gasteiger partial charge is 0.226 e. The van der Waals surface area contributed by atoms with Gasteiger partial charge >= 0.3 is 0 Å². The van der Waals surface area contributed by atoms with E-state index in [0.717, 1.165) is 40.8 Å². The number of H-pyrrole nitrogens is 1. The highest BCUT2D eigenvalue weighted by Gasteiger charge is 2.63. The van der Waals surface area contributed by atoms with Crippen molar-refractivity contribution in [2.75, 3.05) is 27.2 Å². The second-order valence-corrected chi connectivity index (χ2v) is 9.40. The third-order valence-electron chi connectivity index (χ3n) is 5.85. The van der Waals surface area contributed by atoms with Gasteiger partial charge in [-0.25, -0.2) is 4.39 Å². The fourth-order valence-electron chi connectivity index (χ4n) is 4.45. The predicted octanol–water partition coefficient (Wildman–Crippen LogP) is 3.92. The Kier molecular flexibility index (Phi) is 6.58. The molecule has 0 saturated heterocycles. The highest BCUT2D eigenvalue weighted by Crippen LogP contribution is 2.66. The van der Waals surface area contributed by atoms with Crippen molar-refractivity contribution >= 4 is 46.5 Å². The Balaban J connectivity index is 0.00000240. The zero-order valence-electron chi connectivity index (χ0n) is 16.4. The Bertz CT molecular complexity index is 991. The van der Waals surface area contributed by atoms with E-state index in [9.17, 15) is 9.18 Å². The van der Waals surface area contributed by atoms with Gasteiger partial charge in [0, 0.05) is 40.3 Å². The van der Waals surface area contributed by atoms with Crippen LogP contribution in [0.5, 0.6) is 0 Å². The summed E-state index contributed by atoms with van der Waals surface area (Å²) in [5, 5.41) is 2.98. The molecule has 1 saturated carbocycles. The number of hydrogen-bond donors (Lipinski definition) is 2. The van der Waals surface area contributed by atoms with E-state index < -0.39 is 0 Å². The molecular formula is C20H25BrClFN4OS. The number of aromatic nitrogens is 2. The lowest BCUT2D eigenvalue weighted by atomic mass is 9.93. The first-order valence-electron chi connectivity index (χ1n) is 9.50. The molecular weight excluding hydrogens is 479 g/mol. The van der Waals surface area contributed by atoms with Gasteiger partial charge in [0.25, 0.3) is 0 Å². The third-order valence-corrected chi connectivity index (χ3v) is 6.67. The number of nitrogens with one attached hydrogen (secondary N) is 2. The maximum absolute atomic E-state index is 14.5. The van der Waals surface area contributed by atoms with E-state index in [1.165, 1.54) is 6.07 Å². The van der Waals surface area contributed by atoms with Gasteiger partial charge in [0.05, 0.1) is 6.42 Å². The highest BCUT2D eigenvalue weighted by atomic mass is 79.9. The molecule has 9 heteroatoms. The number of nitrogens with zero attached hydrogens (tertiary/aromatic N) is 2. The number of rotatable bonds is 7. The summed E-state index contributed by atoms with van der Waals surface area (Å²) in [6.07, 6.45) is 2.09. The summed E-state index contributed by atoms with van der Waals surface area (Å²) in [4.78, 5) is 17.7. The van der Waals surface area contributed by atoms with E-state index in [1.807, 2.05) is 20.2 Å². The lowest BCUT2D eigenvalue weighted by Gasteiger charge is -2.14. The number of benzene rings is 1. The minimum absolute atomic E-state index is 0. The number of hydrogen-bond acceptors (Lipinski definition) is 3. The van der Waals surface area contributed by atoms with Crippen LogP contribution in [0.15, 0.2) is 22.7 Å². The molecule has 2 heterocycles. The topological polar surface area (TPSA) is 53.1 Å². The second kappa shape index (κ2) is 8.49. The molecule has 4 rings (SSSR count). The number of halogens is 3. The average Bonchev–Trinajstić information content (AvgIpc) is 3.13. The Morgan fingerprint density at radius 1 is 1.48 bits per heavy atom. The molecule has 0 bridgehead atoms. The molecule has 1 aliphatic heterocycles. The fourth-order valence-corrected chi connectivity index (χ4v) is 5.10. The van der Waals surface area contributed by atoms with Gasteiger partial charge in [-0.1, -0.05) is 15.9 Å². The third kappa shape index (κ3) is 4.17. The maximum atomic E-state index is 14.5. The van der Waals surface area contributed by atoms with E-state index in [2.05, 4.69) is 35.7 Å². The van der Waals surface area contributed by atoms with Gasteiger partial charge in [-0.2, -0.15) is 0 Å². The van der Waals surface area contributed by atoms with E-state index in [0.29, 0.717) is 17.9 Å². The highest BCUT2D eigenvalue weighted by molar-refractivity contribution is 9.10. The van der Waals surface area contributed by atoms with Crippen LogP contribution in [0.3, 0.4) is 0 Å². The van der Waals surface area contributed by atoms with Gasteiger partial charge in [-0.05, 0) is 69.5 Å². The van der Waals surface area contributed by atoms with Crippen LogP contribution < -0.4 is 5.32 Å². The van der Waals surface area contributed by atoms with Crippen molar-refractivity contribution in [3.8, 4) is 0 Å². The van der Waals surface area contributed by atoms with Crippen molar-refractivity contribution < 1.29 is 9.18 Å². The molecule has 2 N–H and O–H groups in total. The second-order valence-electron chi connectivity index (χ2n) is 8.10. The zero-order chi connectivity index (χ0) is 20.1. The van der Waals surface area contributed by atoms with Gasteiger partial charge in [-0.3, -0.25) is 4.79 Å². The van der Waals surface area contributed by atoms with Gasteiger partial charge in [0.2, 0.25) is 5.91 Å². The van der Waals surface area contributed by atoms with Crippen LogP contribution in [0, 0.1) is 10.6 Å². The molecule has 1 aromatic heterocycles. The molecule has 5 nitrogen and oxygen atoms in total. The van der Waals surface area contributed by atoms with Crippen LogP contribution in [0.2, 0.25) is 0 Å². The van der Waals surface area contributed by atoms with Crippen molar-refractivity contribution in [2.45, 2.75) is 37.1 Å². The molecule has 1 aliphatic carbocycles. The number of amides is 1. The molecule has 0 spiro atoms. The summed E-state index contributed by atoms with van der Waals surface area (Å²) in [5.74, 6) is 0.0255. The number of carbonyl (C=O) groups excluding carboxylic acids is 1. The van der Waals surface area contributed by atoms with Crippen molar-refractivity contribution in [2.24, 2.45) is 0 Å². The Labute approximate surface area is 189 Å². The van der Waals surface area contributed by atoms with E-state index >= 15 is 0 Å². The number of aromatic amines is 1. The zero-order valence-corrected chi connectivity index (χ0v) is 19.6. The molecule has 1 amide bonds. The van der Waals surface area contributed by atoms with Crippen molar-refractivity contribution in [1.29, 1.82) is 0 Å². The summed E-state index contributed by atoms with van der Waals surface area (Å²) < 4.78 is 18.1. The summed E-state index contributed by atoms with van der Waals surface area (Å²) in [5.41, 5.74) is 2.45. The summed E-state index contributed by atoms with van der Waals surface area (Å²) in [6, 6.07) is 5.12. The van der Waals surface area contributed by atoms with Crippen LogP contribution in [0.25, 0.3) is 0 Å². The molecule has 1 aromatic carbocycles.